The highest BCUT2D eigenvalue weighted by atomic mass is 16.5. The van der Waals surface area contributed by atoms with E-state index in [-0.39, 0.29) is 17.6 Å². The largest absolute Gasteiger partial charge is 0.495 e. The Kier molecular flexibility index (Phi) is 6.43. The van der Waals surface area contributed by atoms with Crippen molar-refractivity contribution in [3.63, 3.8) is 0 Å². The van der Waals surface area contributed by atoms with Gasteiger partial charge in [0.05, 0.1) is 12.8 Å². The van der Waals surface area contributed by atoms with Gasteiger partial charge >= 0.3 is 0 Å². The van der Waals surface area contributed by atoms with Gasteiger partial charge in [-0.3, -0.25) is 9.59 Å². The van der Waals surface area contributed by atoms with Crippen LogP contribution in [0.15, 0.2) is 52.9 Å². The normalized spacial score (nSPS) is 16.7. The quantitative estimate of drug-likeness (QED) is 0.564. The molecule has 2 aliphatic rings. The fourth-order valence-corrected chi connectivity index (χ4v) is 5.17. The molecule has 0 spiro atoms. The summed E-state index contributed by atoms with van der Waals surface area (Å²) in [6.07, 6.45) is 5.07. The summed E-state index contributed by atoms with van der Waals surface area (Å²) in [4.78, 5) is 30.4. The fraction of sp³-hybridized carbons (Fsp3) is 0.407. The molecule has 1 aliphatic carbocycles. The molecule has 1 saturated carbocycles. The van der Waals surface area contributed by atoms with Crippen molar-refractivity contribution in [2.75, 3.05) is 43.5 Å². The van der Waals surface area contributed by atoms with Crippen LogP contribution in [0.5, 0.6) is 5.75 Å². The van der Waals surface area contributed by atoms with Gasteiger partial charge in [0.1, 0.15) is 17.0 Å². The molecular weight excluding hydrogens is 430 g/mol. The molecule has 0 radical (unpaired) electrons. The number of nitrogens with one attached hydrogen (secondary N) is 1. The number of furan rings is 1. The maximum Gasteiger partial charge on any atom is 0.291 e. The van der Waals surface area contributed by atoms with Crippen molar-refractivity contribution in [2.24, 2.45) is 5.92 Å². The number of rotatable bonds is 6. The number of benzene rings is 2. The molecule has 7 heteroatoms. The lowest BCUT2D eigenvalue weighted by Gasteiger charge is -2.36. The highest BCUT2D eigenvalue weighted by molar-refractivity contribution is 6.10. The number of carbonyl (C=O) groups excluding carboxylic acids is 2. The molecule has 7 nitrogen and oxygen atoms in total. The molecule has 0 atom stereocenters. The van der Waals surface area contributed by atoms with E-state index in [4.69, 9.17) is 9.15 Å². The van der Waals surface area contributed by atoms with Crippen molar-refractivity contribution in [1.82, 2.24) is 4.90 Å². The summed E-state index contributed by atoms with van der Waals surface area (Å²) in [5.41, 5.74) is 2.13. The number of anilines is 2. The molecular formula is C27H31N3O4. The zero-order valence-corrected chi connectivity index (χ0v) is 19.6. The van der Waals surface area contributed by atoms with Gasteiger partial charge in [-0.15, -0.1) is 0 Å². The number of fused-ring (bicyclic) bond motifs is 1. The Hall–Kier alpha value is -3.48. The Morgan fingerprint density at radius 3 is 2.47 bits per heavy atom. The highest BCUT2D eigenvalue weighted by Crippen LogP contribution is 2.34. The summed E-state index contributed by atoms with van der Waals surface area (Å²) >= 11 is 0. The minimum atomic E-state index is -0.188. The summed E-state index contributed by atoms with van der Waals surface area (Å²) in [6.45, 7) is 2.50. The highest BCUT2D eigenvalue weighted by Gasteiger charge is 2.30. The van der Waals surface area contributed by atoms with Crippen LogP contribution in [0.25, 0.3) is 11.0 Å². The van der Waals surface area contributed by atoms with Gasteiger partial charge in [-0.2, -0.15) is 0 Å². The van der Waals surface area contributed by atoms with Crippen molar-refractivity contribution in [2.45, 2.75) is 32.1 Å². The number of hydrogen-bond acceptors (Lipinski definition) is 5. The van der Waals surface area contributed by atoms with E-state index in [0.29, 0.717) is 49.8 Å². The van der Waals surface area contributed by atoms with Crippen LogP contribution in [-0.4, -0.2) is 50.0 Å². The van der Waals surface area contributed by atoms with Gasteiger partial charge in [0, 0.05) is 38.0 Å². The van der Waals surface area contributed by atoms with Crippen molar-refractivity contribution >= 4 is 34.2 Å². The molecule has 1 saturated heterocycles. The van der Waals surface area contributed by atoms with E-state index in [0.717, 1.165) is 29.7 Å². The number of piperazine rings is 1. The van der Waals surface area contributed by atoms with Crippen LogP contribution in [-0.2, 0) is 4.79 Å². The van der Waals surface area contributed by atoms with E-state index in [2.05, 4.69) is 10.2 Å². The van der Waals surface area contributed by atoms with Crippen LogP contribution in [0.4, 0.5) is 11.4 Å². The molecule has 0 bridgehead atoms. The third-order valence-electron chi connectivity index (χ3n) is 7.00. The maximum atomic E-state index is 13.5. The van der Waals surface area contributed by atoms with Gasteiger partial charge in [-0.1, -0.05) is 37.1 Å². The minimum absolute atomic E-state index is 0.0477. The Morgan fingerprint density at radius 1 is 1.00 bits per heavy atom. The first-order valence-corrected chi connectivity index (χ1v) is 12.1. The Labute approximate surface area is 199 Å². The van der Waals surface area contributed by atoms with Crippen LogP contribution >= 0.6 is 0 Å². The van der Waals surface area contributed by atoms with E-state index in [1.807, 2.05) is 48.5 Å². The summed E-state index contributed by atoms with van der Waals surface area (Å²) < 4.78 is 11.5. The summed E-state index contributed by atoms with van der Waals surface area (Å²) in [5, 5.41) is 3.79. The first-order chi connectivity index (χ1) is 16.6. The van der Waals surface area contributed by atoms with E-state index < -0.39 is 0 Å². The summed E-state index contributed by atoms with van der Waals surface area (Å²) in [7, 11) is 1.67. The Morgan fingerprint density at radius 2 is 1.71 bits per heavy atom. The number of hydrogen-bond donors (Lipinski definition) is 1. The van der Waals surface area contributed by atoms with Gasteiger partial charge in [0.15, 0.2) is 0 Å². The molecule has 3 aromatic rings. The SMILES string of the molecule is COc1ccccc1N1CCN(C(=O)c2oc3ccccc3c2NC(=O)CC2CCCC2)CC1. The first-order valence-electron chi connectivity index (χ1n) is 12.1. The molecule has 2 heterocycles. The van der Waals surface area contributed by atoms with Crippen molar-refractivity contribution in [3.05, 3.63) is 54.3 Å². The van der Waals surface area contributed by atoms with Crippen LogP contribution in [0.3, 0.4) is 0 Å². The van der Waals surface area contributed by atoms with Gasteiger partial charge in [0.25, 0.3) is 5.91 Å². The van der Waals surface area contributed by atoms with E-state index >= 15 is 0 Å². The second kappa shape index (κ2) is 9.79. The van der Waals surface area contributed by atoms with Gasteiger partial charge in [-0.25, -0.2) is 0 Å². The lowest BCUT2D eigenvalue weighted by molar-refractivity contribution is -0.117. The molecule has 34 heavy (non-hydrogen) atoms. The van der Waals surface area contributed by atoms with Crippen LogP contribution < -0.4 is 15.0 Å². The van der Waals surface area contributed by atoms with Gasteiger partial charge in [0.2, 0.25) is 11.7 Å². The van der Waals surface area contributed by atoms with Crippen molar-refractivity contribution in [1.29, 1.82) is 0 Å². The van der Waals surface area contributed by atoms with E-state index in [1.165, 1.54) is 12.8 Å². The average molecular weight is 462 g/mol. The van der Waals surface area contributed by atoms with Gasteiger partial charge in [-0.05, 0) is 43.0 Å². The molecule has 2 amide bonds. The maximum absolute atomic E-state index is 13.5. The number of carbonyl (C=O) groups is 2. The predicted molar refractivity (Wildman–Crippen MR) is 133 cm³/mol. The minimum Gasteiger partial charge on any atom is -0.495 e. The summed E-state index contributed by atoms with van der Waals surface area (Å²) in [5.74, 6) is 1.24. The Bertz CT molecular complexity index is 1170. The van der Waals surface area contributed by atoms with E-state index in [1.54, 1.807) is 12.0 Å². The molecule has 1 aromatic heterocycles. The fourth-order valence-electron chi connectivity index (χ4n) is 5.17. The molecule has 0 unspecified atom stereocenters. The van der Waals surface area contributed by atoms with Crippen LogP contribution in [0.1, 0.15) is 42.7 Å². The third-order valence-corrected chi connectivity index (χ3v) is 7.00. The number of para-hydroxylation sites is 3. The van der Waals surface area contributed by atoms with Crippen LogP contribution in [0, 0.1) is 5.92 Å². The molecule has 178 valence electrons. The smallest absolute Gasteiger partial charge is 0.291 e. The number of amides is 2. The van der Waals surface area contributed by atoms with Crippen molar-refractivity contribution in [3.8, 4) is 5.75 Å². The molecule has 1 aliphatic heterocycles. The average Bonchev–Trinajstić information content (AvgIpc) is 3.52. The lowest BCUT2D eigenvalue weighted by Crippen LogP contribution is -2.49. The zero-order valence-electron chi connectivity index (χ0n) is 19.6. The zero-order chi connectivity index (χ0) is 23.5. The predicted octanol–water partition coefficient (Wildman–Crippen LogP) is 4.92. The number of ether oxygens (including phenoxy) is 1. The summed E-state index contributed by atoms with van der Waals surface area (Å²) in [6, 6.07) is 15.4. The standard InChI is InChI=1S/C27H31N3O4/c1-33-23-13-7-5-11-21(23)29-14-16-30(17-15-29)27(32)26-25(20-10-4-6-12-22(20)34-26)28-24(31)18-19-8-2-3-9-19/h4-7,10-13,19H,2-3,8-9,14-18H2,1H3,(H,28,31). The Balaban J connectivity index is 1.33. The second-order valence-corrected chi connectivity index (χ2v) is 9.16. The second-order valence-electron chi connectivity index (χ2n) is 9.16. The number of nitrogens with zero attached hydrogens (tertiary/aromatic N) is 2. The van der Waals surface area contributed by atoms with Crippen LogP contribution in [0.2, 0.25) is 0 Å². The number of methoxy groups -OCH3 is 1. The monoisotopic (exact) mass is 461 g/mol. The topological polar surface area (TPSA) is 75.0 Å². The molecule has 2 fully saturated rings. The first kappa shape index (κ1) is 22.3. The molecule has 2 aromatic carbocycles. The lowest BCUT2D eigenvalue weighted by atomic mass is 10.0. The third kappa shape index (κ3) is 4.47. The molecule has 1 N–H and O–H groups in total. The molecule has 5 rings (SSSR count). The van der Waals surface area contributed by atoms with E-state index in [9.17, 15) is 9.59 Å². The van der Waals surface area contributed by atoms with Crippen molar-refractivity contribution < 1.29 is 18.7 Å². The van der Waals surface area contributed by atoms with Gasteiger partial charge < -0.3 is 24.3 Å².